The van der Waals surface area contributed by atoms with Crippen LogP contribution >= 0.6 is 0 Å². The van der Waals surface area contributed by atoms with E-state index < -0.39 is 0 Å². The number of anilines is 1. The summed E-state index contributed by atoms with van der Waals surface area (Å²) in [4.78, 5) is 18.5. The monoisotopic (exact) mass is 290 g/mol. The van der Waals surface area contributed by atoms with Gasteiger partial charge in [-0.25, -0.2) is 4.98 Å². The Morgan fingerprint density at radius 1 is 1.38 bits per heavy atom. The molecule has 1 amide bonds. The summed E-state index contributed by atoms with van der Waals surface area (Å²) < 4.78 is 0. The minimum atomic E-state index is -0.102. The molecule has 0 radical (unpaired) electrons. The maximum atomic E-state index is 11.6. The lowest BCUT2D eigenvalue weighted by atomic mass is 10.2. The van der Waals surface area contributed by atoms with Crippen LogP contribution < -0.4 is 16.0 Å². The SMILES string of the molecule is CC(N)CC(=O)NCc1ccnc(N2CCCCCC2)c1. The summed E-state index contributed by atoms with van der Waals surface area (Å²) in [6.07, 6.45) is 7.28. The zero-order chi connectivity index (χ0) is 15.1. The van der Waals surface area contributed by atoms with E-state index in [1.807, 2.05) is 19.2 Å². The Morgan fingerprint density at radius 3 is 2.76 bits per heavy atom. The molecule has 1 fully saturated rings. The number of carbonyl (C=O) groups excluding carboxylic acids is 1. The van der Waals surface area contributed by atoms with Crippen LogP contribution in [0.5, 0.6) is 0 Å². The van der Waals surface area contributed by atoms with Crippen LogP contribution in [-0.2, 0) is 11.3 Å². The first-order valence-electron chi connectivity index (χ1n) is 7.87. The van der Waals surface area contributed by atoms with E-state index in [-0.39, 0.29) is 11.9 Å². The highest BCUT2D eigenvalue weighted by molar-refractivity contribution is 5.76. The van der Waals surface area contributed by atoms with Gasteiger partial charge in [0.05, 0.1) is 0 Å². The molecular weight excluding hydrogens is 264 g/mol. The Hall–Kier alpha value is -1.62. The lowest BCUT2D eigenvalue weighted by Crippen LogP contribution is -2.29. The highest BCUT2D eigenvalue weighted by Gasteiger charge is 2.11. The van der Waals surface area contributed by atoms with E-state index in [4.69, 9.17) is 5.73 Å². The van der Waals surface area contributed by atoms with Crippen molar-refractivity contribution in [3.63, 3.8) is 0 Å². The average Bonchev–Trinajstić information content (AvgIpc) is 2.74. The number of amides is 1. The highest BCUT2D eigenvalue weighted by Crippen LogP contribution is 2.18. The van der Waals surface area contributed by atoms with Crippen molar-refractivity contribution in [3.8, 4) is 0 Å². The third-order valence-electron chi connectivity index (χ3n) is 3.74. The lowest BCUT2D eigenvalue weighted by molar-refractivity contribution is -0.121. The first-order chi connectivity index (χ1) is 10.1. The van der Waals surface area contributed by atoms with Gasteiger partial charge in [0.2, 0.25) is 5.91 Å². The summed E-state index contributed by atoms with van der Waals surface area (Å²) in [5, 5.41) is 2.91. The lowest BCUT2D eigenvalue weighted by Gasteiger charge is -2.21. The number of rotatable bonds is 5. The predicted molar refractivity (Wildman–Crippen MR) is 85.0 cm³/mol. The van der Waals surface area contributed by atoms with Crippen LogP contribution in [0.4, 0.5) is 5.82 Å². The summed E-state index contributed by atoms with van der Waals surface area (Å²) >= 11 is 0. The number of hydrogen-bond donors (Lipinski definition) is 2. The molecule has 0 aliphatic carbocycles. The largest absolute Gasteiger partial charge is 0.357 e. The van der Waals surface area contributed by atoms with Crippen LogP contribution in [0.3, 0.4) is 0 Å². The van der Waals surface area contributed by atoms with Crippen molar-refractivity contribution in [2.45, 2.75) is 51.6 Å². The number of aromatic nitrogens is 1. The topological polar surface area (TPSA) is 71.2 Å². The molecule has 2 rings (SSSR count). The second-order valence-electron chi connectivity index (χ2n) is 5.88. The average molecular weight is 290 g/mol. The van der Waals surface area contributed by atoms with Gasteiger partial charge in [0.25, 0.3) is 0 Å². The third-order valence-corrected chi connectivity index (χ3v) is 3.74. The third kappa shape index (κ3) is 5.34. The van der Waals surface area contributed by atoms with Gasteiger partial charge in [-0.05, 0) is 37.5 Å². The molecule has 5 heteroatoms. The summed E-state index contributed by atoms with van der Waals surface area (Å²) in [6.45, 7) is 4.53. The zero-order valence-electron chi connectivity index (χ0n) is 12.8. The number of nitrogens with two attached hydrogens (primary N) is 1. The van der Waals surface area contributed by atoms with Crippen LogP contribution in [0.1, 0.15) is 44.6 Å². The summed E-state index contributed by atoms with van der Waals surface area (Å²) in [5.41, 5.74) is 6.71. The molecule has 1 aromatic rings. The normalized spacial score (nSPS) is 17.1. The van der Waals surface area contributed by atoms with Crippen LogP contribution in [-0.4, -0.2) is 30.0 Å². The maximum absolute atomic E-state index is 11.6. The Balaban J connectivity index is 1.92. The molecule has 1 aliphatic rings. The number of carbonyl (C=O) groups is 1. The molecule has 2 heterocycles. The summed E-state index contributed by atoms with van der Waals surface area (Å²) in [6, 6.07) is 3.93. The van der Waals surface area contributed by atoms with Crippen molar-refractivity contribution in [2.24, 2.45) is 5.73 Å². The molecular formula is C16H26N4O. The fourth-order valence-electron chi connectivity index (χ4n) is 2.61. The van der Waals surface area contributed by atoms with Crippen molar-refractivity contribution in [3.05, 3.63) is 23.9 Å². The van der Waals surface area contributed by atoms with Gasteiger partial charge in [0.1, 0.15) is 5.82 Å². The van der Waals surface area contributed by atoms with Gasteiger partial charge >= 0.3 is 0 Å². The van der Waals surface area contributed by atoms with Crippen molar-refractivity contribution >= 4 is 11.7 Å². The summed E-state index contributed by atoms with van der Waals surface area (Å²) in [5.74, 6) is 1.02. The fourth-order valence-corrected chi connectivity index (χ4v) is 2.61. The molecule has 21 heavy (non-hydrogen) atoms. The van der Waals surface area contributed by atoms with Crippen molar-refractivity contribution in [1.82, 2.24) is 10.3 Å². The Bertz CT molecular complexity index is 453. The van der Waals surface area contributed by atoms with E-state index in [0.29, 0.717) is 13.0 Å². The van der Waals surface area contributed by atoms with Gasteiger partial charge in [-0.1, -0.05) is 12.8 Å². The number of nitrogens with zero attached hydrogens (tertiary/aromatic N) is 2. The van der Waals surface area contributed by atoms with Gasteiger partial charge in [-0.15, -0.1) is 0 Å². The predicted octanol–water partition coefficient (Wildman–Crippen LogP) is 1.82. The van der Waals surface area contributed by atoms with Crippen molar-refractivity contribution in [2.75, 3.05) is 18.0 Å². The van der Waals surface area contributed by atoms with Crippen molar-refractivity contribution in [1.29, 1.82) is 0 Å². The second-order valence-corrected chi connectivity index (χ2v) is 5.88. The van der Waals surface area contributed by atoms with E-state index in [0.717, 1.165) is 24.5 Å². The highest BCUT2D eigenvalue weighted by atomic mass is 16.1. The minimum Gasteiger partial charge on any atom is -0.357 e. The Kier molecular flexibility index (Phi) is 5.99. The smallest absolute Gasteiger partial charge is 0.221 e. The molecule has 1 saturated heterocycles. The van der Waals surface area contributed by atoms with Gasteiger partial charge in [0.15, 0.2) is 0 Å². The standard InChI is InChI=1S/C16H26N4O/c1-13(17)10-16(21)19-12-14-6-7-18-15(11-14)20-8-4-2-3-5-9-20/h6-7,11,13H,2-5,8-10,12,17H2,1H3,(H,19,21). The van der Waals surface area contributed by atoms with Gasteiger partial charge < -0.3 is 16.0 Å². The fraction of sp³-hybridized carbons (Fsp3) is 0.625. The zero-order valence-corrected chi connectivity index (χ0v) is 12.8. The molecule has 0 aromatic carbocycles. The summed E-state index contributed by atoms with van der Waals surface area (Å²) in [7, 11) is 0. The number of hydrogen-bond acceptors (Lipinski definition) is 4. The van der Waals surface area contributed by atoms with Gasteiger partial charge in [-0.2, -0.15) is 0 Å². The van der Waals surface area contributed by atoms with E-state index in [9.17, 15) is 4.79 Å². The quantitative estimate of drug-likeness (QED) is 0.867. The molecule has 0 bridgehead atoms. The number of nitrogens with one attached hydrogen (secondary N) is 1. The van der Waals surface area contributed by atoms with Crippen LogP contribution in [0.25, 0.3) is 0 Å². The maximum Gasteiger partial charge on any atom is 0.221 e. The molecule has 1 atom stereocenters. The molecule has 1 aromatic heterocycles. The molecule has 3 N–H and O–H groups in total. The molecule has 0 spiro atoms. The first-order valence-corrected chi connectivity index (χ1v) is 7.87. The Labute approximate surface area is 126 Å². The molecule has 116 valence electrons. The van der Waals surface area contributed by atoms with Crippen LogP contribution in [0.15, 0.2) is 18.3 Å². The van der Waals surface area contributed by atoms with Crippen LogP contribution in [0.2, 0.25) is 0 Å². The number of pyridine rings is 1. The second kappa shape index (κ2) is 7.98. The minimum absolute atomic E-state index is 0.00173. The van der Waals surface area contributed by atoms with E-state index in [2.05, 4.69) is 21.3 Å². The van der Waals surface area contributed by atoms with Gasteiger partial charge in [0, 0.05) is 38.3 Å². The Morgan fingerprint density at radius 2 is 2.10 bits per heavy atom. The first kappa shape index (κ1) is 15.8. The van der Waals surface area contributed by atoms with E-state index in [1.54, 1.807) is 0 Å². The van der Waals surface area contributed by atoms with Crippen LogP contribution in [0, 0.1) is 0 Å². The molecule has 5 nitrogen and oxygen atoms in total. The molecule has 1 unspecified atom stereocenters. The van der Waals surface area contributed by atoms with Crippen molar-refractivity contribution < 1.29 is 4.79 Å². The van der Waals surface area contributed by atoms with E-state index in [1.165, 1.54) is 25.7 Å². The van der Waals surface area contributed by atoms with Gasteiger partial charge in [-0.3, -0.25) is 4.79 Å². The molecule has 1 aliphatic heterocycles. The van der Waals surface area contributed by atoms with E-state index >= 15 is 0 Å². The molecule has 0 saturated carbocycles.